The first-order chi connectivity index (χ1) is 11.2. The molecule has 2 aromatic rings. The second-order valence-corrected chi connectivity index (χ2v) is 5.31. The van der Waals surface area contributed by atoms with Crippen LogP contribution >= 0.6 is 0 Å². The van der Waals surface area contributed by atoms with Gasteiger partial charge in [-0.25, -0.2) is 0 Å². The standard InChI is InChI=1S/C15H17N5O3/c1-11-8-14(18-23-11)17-12-2-3-16-13(9-12)15(22)20-6-4-19(10-21)5-7-20/h2-3,8-10H,4-7H2,1H3,(H,16,17,18). The zero-order valence-electron chi connectivity index (χ0n) is 12.7. The van der Waals surface area contributed by atoms with Crippen LogP contribution in [-0.4, -0.2) is 58.4 Å². The summed E-state index contributed by atoms with van der Waals surface area (Å²) in [5.41, 5.74) is 1.07. The van der Waals surface area contributed by atoms with Gasteiger partial charge in [-0.3, -0.25) is 14.6 Å². The molecular weight excluding hydrogens is 298 g/mol. The number of amides is 2. The normalized spacial score (nSPS) is 14.7. The van der Waals surface area contributed by atoms with Crippen molar-refractivity contribution in [2.75, 3.05) is 31.5 Å². The monoisotopic (exact) mass is 315 g/mol. The predicted octanol–water partition coefficient (Wildman–Crippen LogP) is 1.04. The van der Waals surface area contributed by atoms with E-state index in [2.05, 4.69) is 15.5 Å². The van der Waals surface area contributed by atoms with Gasteiger partial charge < -0.3 is 19.6 Å². The highest BCUT2D eigenvalue weighted by atomic mass is 16.5. The average molecular weight is 315 g/mol. The van der Waals surface area contributed by atoms with Crippen molar-refractivity contribution >= 4 is 23.8 Å². The van der Waals surface area contributed by atoms with Crippen molar-refractivity contribution in [3.63, 3.8) is 0 Å². The molecule has 0 unspecified atom stereocenters. The molecule has 0 atom stereocenters. The summed E-state index contributed by atoms with van der Waals surface area (Å²) in [5, 5.41) is 6.92. The van der Waals surface area contributed by atoms with E-state index < -0.39 is 0 Å². The molecule has 0 aromatic carbocycles. The van der Waals surface area contributed by atoms with Gasteiger partial charge in [0, 0.05) is 44.1 Å². The number of hydrogen-bond acceptors (Lipinski definition) is 6. The molecule has 1 saturated heterocycles. The van der Waals surface area contributed by atoms with Crippen LogP contribution in [0.3, 0.4) is 0 Å². The summed E-state index contributed by atoms with van der Waals surface area (Å²) in [6.45, 7) is 3.92. The largest absolute Gasteiger partial charge is 0.360 e. The van der Waals surface area contributed by atoms with Gasteiger partial charge in [0.25, 0.3) is 5.91 Å². The number of nitrogens with one attached hydrogen (secondary N) is 1. The Hall–Kier alpha value is -2.90. The van der Waals surface area contributed by atoms with Gasteiger partial charge in [0.2, 0.25) is 6.41 Å². The lowest BCUT2D eigenvalue weighted by molar-refractivity contribution is -0.119. The van der Waals surface area contributed by atoms with E-state index in [9.17, 15) is 9.59 Å². The lowest BCUT2D eigenvalue weighted by atomic mass is 10.2. The van der Waals surface area contributed by atoms with Crippen molar-refractivity contribution in [3.8, 4) is 0 Å². The summed E-state index contributed by atoms with van der Waals surface area (Å²) in [5.74, 6) is 1.13. The van der Waals surface area contributed by atoms with E-state index in [0.29, 0.717) is 49.1 Å². The van der Waals surface area contributed by atoms with Crippen molar-refractivity contribution in [1.29, 1.82) is 0 Å². The molecule has 1 N–H and O–H groups in total. The minimum atomic E-state index is -0.143. The van der Waals surface area contributed by atoms with E-state index >= 15 is 0 Å². The molecule has 2 amide bonds. The fourth-order valence-electron chi connectivity index (χ4n) is 2.39. The predicted molar refractivity (Wildman–Crippen MR) is 82.3 cm³/mol. The first kappa shape index (κ1) is 15.0. The molecule has 1 fully saturated rings. The number of rotatable bonds is 4. The fourth-order valence-corrected chi connectivity index (χ4v) is 2.39. The van der Waals surface area contributed by atoms with E-state index in [1.807, 2.05) is 0 Å². The number of pyridine rings is 1. The molecule has 0 saturated carbocycles. The number of hydrogen-bond donors (Lipinski definition) is 1. The third-order valence-corrected chi connectivity index (χ3v) is 3.63. The Labute approximate surface area is 133 Å². The van der Waals surface area contributed by atoms with Gasteiger partial charge in [0.15, 0.2) is 5.82 Å². The summed E-state index contributed by atoms with van der Waals surface area (Å²) in [4.78, 5) is 30.7. The third-order valence-electron chi connectivity index (χ3n) is 3.63. The minimum Gasteiger partial charge on any atom is -0.360 e. The molecule has 2 aromatic heterocycles. The highest BCUT2D eigenvalue weighted by Gasteiger charge is 2.22. The zero-order valence-corrected chi connectivity index (χ0v) is 12.7. The minimum absolute atomic E-state index is 0.143. The number of piperazine rings is 1. The molecule has 120 valence electrons. The Morgan fingerprint density at radius 1 is 1.30 bits per heavy atom. The van der Waals surface area contributed by atoms with Crippen molar-refractivity contribution in [1.82, 2.24) is 19.9 Å². The summed E-state index contributed by atoms with van der Waals surface area (Å²) in [6.07, 6.45) is 2.38. The van der Waals surface area contributed by atoms with Crippen LogP contribution in [0.1, 0.15) is 16.2 Å². The van der Waals surface area contributed by atoms with E-state index in [0.717, 1.165) is 6.41 Å². The maximum absolute atomic E-state index is 12.5. The van der Waals surface area contributed by atoms with Gasteiger partial charge >= 0.3 is 0 Å². The Bertz CT molecular complexity index is 707. The van der Waals surface area contributed by atoms with Crippen LogP contribution in [0, 0.1) is 6.92 Å². The van der Waals surface area contributed by atoms with Crippen LogP contribution in [0.4, 0.5) is 11.5 Å². The van der Waals surface area contributed by atoms with Crippen LogP contribution in [0.2, 0.25) is 0 Å². The van der Waals surface area contributed by atoms with Gasteiger partial charge in [0.05, 0.1) is 0 Å². The quantitative estimate of drug-likeness (QED) is 0.848. The molecule has 0 spiro atoms. The van der Waals surface area contributed by atoms with Gasteiger partial charge in [0.1, 0.15) is 11.5 Å². The first-order valence-electron chi connectivity index (χ1n) is 7.31. The SMILES string of the molecule is Cc1cc(Nc2ccnc(C(=O)N3CCN(C=O)CC3)c2)no1. The Morgan fingerprint density at radius 3 is 2.74 bits per heavy atom. The van der Waals surface area contributed by atoms with Gasteiger partial charge in [-0.05, 0) is 19.1 Å². The van der Waals surface area contributed by atoms with Crippen molar-refractivity contribution in [3.05, 3.63) is 35.9 Å². The Kier molecular flexibility index (Phi) is 4.22. The lowest BCUT2D eigenvalue weighted by Gasteiger charge is -2.32. The maximum atomic E-state index is 12.5. The number of carbonyl (C=O) groups is 2. The summed E-state index contributed by atoms with van der Waals surface area (Å²) >= 11 is 0. The summed E-state index contributed by atoms with van der Waals surface area (Å²) < 4.78 is 4.99. The van der Waals surface area contributed by atoms with Gasteiger partial charge in [-0.15, -0.1) is 0 Å². The van der Waals surface area contributed by atoms with Gasteiger partial charge in [-0.1, -0.05) is 5.16 Å². The van der Waals surface area contributed by atoms with Crippen molar-refractivity contribution in [2.45, 2.75) is 6.92 Å². The fraction of sp³-hybridized carbons (Fsp3) is 0.333. The third kappa shape index (κ3) is 3.47. The lowest BCUT2D eigenvalue weighted by Crippen LogP contribution is -2.48. The molecule has 1 aliphatic rings. The molecule has 3 heterocycles. The van der Waals surface area contributed by atoms with Crippen molar-refractivity contribution < 1.29 is 14.1 Å². The highest BCUT2D eigenvalue weighted by molar-refractivity contribution is 5.93. The van der Waals surface area contributed by atoms with E-state index in [4.69, 9.17) is 4.52 Å². The van der Waals surface area contributed by atoms with E-state index in [-0.39, 0.29) is 5.91 Å². The smallest absolute Gasteiger partial charge is 0.272 e. The summed E-state index contributed by atoms with van der Waals surface area (Å²) in [6, 6.07) is 5.20. The zero-order chi connectivity index (χ0) is 16.2. The van der Waals surface area contributed by atoms with Crippen LogP contribution in [0.25, 0.3) is 0 Å². The molecule has 8 nitrogen and oxygen atoms in total. The molecule has 8 heteroatoms. The number of aromatic nitrogens is 2. The molecule has 23 heavy (non-hydrogen) atoms. The second kappa shape index (κ2) is 6.47. The number of nitrogens with zero attached hydrogens (tertiary/aromatic N) is 4. The number of carbonyl (C=O) groups excluding carboxylic acids is 2. The van der Waals surface area contributed by atoms with E-state index in [1.54, 1.807) is 41.1 Å². The molecule has 0 bridgehead atoms. The topological polar surface area (TPSA) is 91.6 Å². The number of aryl methyl sites for hydroxylation is 1. The second-order valence-electron chi connectivity index (χ2n) is 5.31. The summed E-state index contributed by atoms with van der Waals surface area (Å²) in [7, 11) is 0. The average Bonchev–Trinajstić information content (AvgIpc) is 2.99. The van der Waals surface area contributed by atoms with Crippen molar-refractivity contribution in [2.24, 2.45) is 0 Å². The maximum Gasteiger partial charge on any atom is 0.272 e. The van der Waals surface area contributed by atoms with Crippen LogP contribution < -0.4 is 5.32 Å². The molecule has 3 rings (SSSR count). The molecular formula is C15H17N5O3. The van der Waals surface area contributed by atoms with E-state index in [1.165, 1.54) is 0 Å². The van der Waals surface area contributed by atoms with Gasteiger partial charge in [-0.2, -0.15) is 0 Å². The first-order valence-corrected chi connectivity index (χ1v) is 7.31. The molecule has 0 radical (unpaired) electrons. The molecule has 1 aliphatic heterocycles. The molecule has 0 aliphatic carbocycles. The Morgan fingerprint density at radius 2 is 2.09 bits per heavy atom. The van der Waals surface area contributed by atoms with Crippen LogP contribution in [0.15, 0.2) is 28.9 Å². The number of anilines is 2. The van der Waals surface area contributed by atoms with Crippen LogP contribution in [0.5, 0.6) is 0 Å². The highest BCUT2D eigenvalue weighted by Crippen LogP contribution is 2.17. The Balaban J connectivity index is 1.69. The van der Waals surface area contributed by atoms with Crippen LogP contribution in [-0.2, 0) is 4.79 Å².